The summed E-state index contributed by atoms with van der Waals surface area (Å²) >= 11 is 0. The molecule has 0 saturated heterocycles. The summed E-state index contributed by atoms with van der Waals surface area (Å²) in [4.78, 5) is -0.196. The Labute approximate surface area is 115 Å². The average molecular weight is 299 g/mol. The van der Waals surface area contributed by atoms with E-state index in [1.807, 2.05) is 0 Å². The molecule has 0 bridgehead atoms. The summed E-state index contributed by atoms with van der Waals surface area (Å²) in [5.41, 5.74) is 5.21. The maximum Gasteiger partial charge on any atom is 0.241 e. The van der Waals surface area contributed by atoms with Gasteiger partial charge >= 0.3 is 0 Å². The molecule has 0 spiro atoms. The van der Waals surface area contributed by atoms with Crippen LogP contribution < -0.4 is 10.5 Å². The van der Waals surface area contributed by atoms with Gasteiger partial charge in [0, 0.05) is 7.05 Å². The fourth-order valence-corrected chi connectivity index (χ4v) is 2.93. The lowest BCUT2D eigenvalue weighted by molar-refractivity contribution is 0.551. The lowest BCUT2D eigenvalue weighted by Gasteiger charge is -2.13. The van der Waals surface area contributed by atoms with E-state index >= 15 is 0 Å². The van der Waals surface area contributed by atoms with Gasteiger partial charge in [0.2, 0.25) is 10.0 Å². The van der Waals surface area contributed by atoms with Crippen molar-refractivity contribution >= 4 is 15.7 Å². The number of anilines is 1. The molecule has 0 saturated carbocycles. The molecule has 9 heteroatoms. The van der Waals surface area contributed by atoms with Crippen LogP contribution in [-0.4, -0.2) is 23.2 Å². The molecule has 0 fully saturated rings. The Morgan fingerprint density at radius 3 is 2.70 bits per heavy atom. The number of benzene rings is 1. The van der Waals surface area contributed by atoms with E-state index in [1.54, 1.807) is 18.5 Å². The van der Waals surface area contributed by atoms with Gasteiger partial charge in [0.05, 0.1) is 16.6 Å². The fourth-order valence-electron chi connectivity index (χ4n) is 1.71. The van der Waals surface area contributed by atoms with Gasteiger partial charge in [-0.15, -0.1) is 10.2 Å². The largest absolute Gasteiger partial charge is 0.396 e. The molecule has 20 heavy (non-hydrogen) atoms. The number of sulfonamides is 1. The van der Waals surface area contributed by atoms with Crippen LogP contribution in [0.5, 0.6) is 0 Å². The summed E-state index contributed by atoms with van der Waals surface area (Å²) in [6.07, 6.45) is 1.46. The van der Waals surface area contributed by atoms with Crippen molar-refractivity contribution in [3.8, 4) is 0 Å². The van der Waals surface area contributed by atoms with Crippen molar-refractivity contribution in [1.29, 1.82) is 0 Å². The first-order chi connectivity index (χ1) is 9.31. The van der Waals surface area contributed by atoms with Crippen molar-refractivity contribution in [3.05, 3.63) is 36.2 Å². The summed E-state index contributed by atoms with van der Waals surface area (Å²) in [6.45, 7) is 1.62. The molecule has 3 N–H and O–H groups in total. The second-order valence-electron chi connectivity index (χ2n) is 4.33. The van der Waals surface area contributed by atoms with Gasteiger partial charge in [-0.25, -0.2) is 17.5 Å². The van der Waals surface area contributed by atoms with Gasteiger partial charge in [-0.3, -0.25) is 0 Å². The number of aromatic nitrogens is 3. The molecule has 108 valence electrons. The van der Waals surface area contributed by atoms with Crippen LogP contribution in [0.1, 0.15) is 18.8 Å². The van der Waals surface area contributed by atoms with Crippen molar-refractivity contribution < 1.29 is 12.8 Å². The number of nitrogen functional groups attached to an aromatic ring is 1. The van der Waals surface area contributed by atoms with Gasteiger partial charge in [-0.2, -0.15) is 0 Å². The number of rotatable bonds is 4. The van der Waals surface area contributed by atoms with Crippen molar-refractivity contribution in [1.82, 2.24) is 19.5 Å². The highest BCUT2D eigenvalue weighted by Gasteiger charge is 2.21. The zero-order valence-electron chi connectivity index (χ0n) is 10.9. The summed E-state index contributed by atoms with van der Waals surface area (Å²) in [5, 5.41) is 7.49. The first-order valence-electron chi connectivity index (χ1n) is 5.72. The Kier molecular flexibility index (Phi) is 3.73. The Morgan fingerprint density at radius 1 is 1.45 bits per heavy atom. The third-order valence-corrected chi connectivity index (χ3v) is 4.29. The average Bonchev–Trinajstić information content (AvgIpc) is 2.78. The molecule has 7 nitrogen and oxygen atoms in total. The highest BCUT2D eigenvalue weighted by Crippen LogP contribution is 2.18. The monoisotopic (exact) mass is 299 g/mol. The second-order valence-corrected chi connectivity index (χ2v) is 6.04. The highest BCUT2D eigenvalue weighted by molar-refractivity contribution is 7.89. The lowest BCUT2D eigenvalue weighted by atomic mass is 10.3. The normalized spacial score (nSPS) is 13.3. The van der Waals surface area contributed by atoms with Crippen LogP contribution in [0.15, 0.2) is 29.4 Å². The van der Waals surface area contributed by atoms with E-state index in [-0.39, 0.29) is 10.6 Å². The molecular formula is C11H14FN5O2S. The van der Waals surface area contributed by atoms with Gasteiger partial charge in [-0.1, -0.05) is 0 Å². The quantitative estimate of drug-likeness (QED) is 0.804. The van der Waals surface area contributed by atoms with Gasteiger partial charge in [0.25, 0.3) is 0 Å². The molecular weight excluding hydrogens is 285 g/mol. The smallest absolute Gasteiger partial charge is 0.241 e. The molecule has 0 amide bonds. The van der Waals surface area contributed by atoms with E-state index in [1.165, 1.54) is 18.5 Å². The summed E-state index contributed by atoms with van der Waals surface area (Å²) in [7, 11) is -2.17. The topological polar surface area (TPSA) is 103 Å². The second kappa shape index (κ2) is 5.17. The molecule has 1 heterocycles. The third kappa shape index (κ3) is 2.78. The van der Waals surface area contributed by atoms with Crippen molar-refractivity contribution in [2.45, 2.75) is 17.9 Å². The molecule has 0 aliphatic carbocycles. The van der Waals surface area contributed by atoms with E-state index < -0.39 is 21.9 Å². The van der Waals surface area contributed by atoms with Crippen molar-refractivity contribution in [2.75, 3.05) is 5.73 Å². The lowest BCUT2D eigenvalue weighted by Crippen LogP contribution is -2.28. The van der Waals surface area contributed by atoms with Crippen LogP contribution >= 0.6 is 0 Å². The molecule has 1 aromatic heterocycles. The highest BCUT2D eigenvalue weighted by atomic mass is 32.2. The molecule has 1 aromatic carbocycles. The minimum Gasteiger partial charge on any atom is -0.396 e. The van der Waals surface area contributed by atoms with Crippen LogP contribution in [-0.2, 0) is 17.1 Å². The zero-order chi connectivity index (χ0) is 14.9. The maximum atomic E-state index is 13.3. The van der Waals surface area contributed by atoms with Crippen molar-refractivity contribution in [3.63, 3.8) is 0 Å². The predicted molar refractivity (Wildman–Crippen MR) is 70.6 cm³/mol. The SMILES string of the molecule is CC(NS(=O)(=O)c1ccc(N)c(F)c1)c1nncn1C. The number of nitrogens with one attached hydrogen (secondary N) is 1. The van der Waals surface area contributed by atoms with Crippen LogP contribution in [0.4, 0.5) is 10.1 Å². The van der Waals surface area contributed by atoms with Crippen molar-refractivity contribution in [2.24, 2.45) is 7.05 Å². The van der Waals surface area contributed by atoms with Gasteiger partial charge in [0.1, 0.15) is 18.0 Å². The van der Waals surface area contributed by atoms with E-state index in [9.17, 15) is 12.8 Å². The van der Waals surface area contributed by atoms with Crippen LogP contribution in [0.3, 0.4) is 0 Å². The third-order valence-electron chi connectivity index (χ3n) is 2.75. The number of halogens is 1. The first kappa shape index (κ1) is 14.4. The Balaban J connectivity index is 2.27. The summed E-state index contributed by atoms with van der Waals surface area (Å²) in [6, 6.07) is 2.72. The minimum absolute atomic E-state index is 0.106. The molecule has 1 unspecified atom stereocenters. The number of nitrogens with two attached hydrogens (primary N) is 1. The molecule has 0 aliphatic rings. The van der Waals surface area contributed by atoms with E-state index in [0.717, 1.165) is 6.07 Å². The summed E-state index contributed by atoms with van der Waals surface area (Å²) in [5.74, 6) is -0.330. The maximum absolute atomic E-state index is 13.3. The minimum atomic E-state index is -3.87. The van der Waals surface area contributed by atoms with Crippen LogP contribution in [0.25, 0.3) is 0 Å². The first-order valence-corrected chi connectivity index (χ1v) is 7.21. The summed E-state index contributed by atoms with van der Waals surface area (Å²) < 4.78 is 41.6. The number of hydrogen-bond acceptors (Lipinski definition) is 5. The Morgan fingerprint density at radius 2 is 2.15 bits per heavy atom. The Bertz CT molecular complexity index is 728. The van der Waals surface area contributed by atoms with E-state index in [2.05, 4.69) is 14.9 Å². The molecule has 2 aromatic rings. The molecule has 0 radical (unpaired) electrons. The van der Waals surface area contributed by atoms with E-state index in [4.69, 9.17) is 5.73 Å². The zero-order valence-corrected chi connectivity index (χ0v) is 11.7. The molecule has 0 aliphatic heterocycles. The number of nitrogens with zero attached hydrogens (tertiary/aromatic N) is 3. The standard InChI is InChI=1S/C11H14FN5O2S/c1-7(11-15-14-6-17(11)2)16-20(18,19)8-3-4-10(13)9(12)5-8/h3-7,16H,13H2,1-2H3. The number of hydrogen-bond donors (Lipinski definition) is 2. The number of aryl methyl sites for hydroxylation is 1. The van der Waals surface area contributed by atoms with Crippen LogP contribution in [0, 0.1) is 5.82 Å². The van der Waals surface area contributed by atoms with E-state index in [0.29, 0.717) is 5.82 Å². The fraction of sp³-hybridized carbons (Fsp3) is 0.273. The predicted octanol–water partition coefficient (Wildman–Crippen LogP) is 0.576. The molecule has 1 atom stereocenters. The molecule has 2 rings (SSSR count). The van der Waals surface area contributed by atoms with Gasteiger partial charge in [0.15, 0.2) is 0 Å². The Hall–Kier alpha value is -2.00. The van der Waals surface area contributed by atoms with Gasteiger partial charge in [-0.05, 0) is 25.1 Å². The van der Waals surface area contributed by atoms with Gasteiger partial charge < -0.3 is 10.3 Å². The van der Waals surface area contributed by atoms with Crippen LogP contribution in [0.2, 0.25) is 0 Å².